The summed E-state index contributed by atoms with van der Waals surface area (Å²) in [5.41, 5.74) is 2.07. The predicted octanol–water partition coefficient (Wildman–Crippen LogP) is 2.00. The molecule has 1 aromatic carbocycles. The van der Waals surface area contributed by atoms with Gasteiger partial charge in [0.15, 0.2) is 0 Å². The first-order valence-corrected chi connectivity index (χ1v) is 11.2. The van der Waals surface area contributed by atoms with Gasteiger partial charge in [0.2, 0.25) is 0 Å². The van der Waals surface area contributed by atoms with Gasteiger partial charge >= 0.3 is 0 Å². The Balaban J connectivity index is 1.55. The van der Waals surface area contributed by atoms with Crippen LogP contribution < -0.4 is 14.8 Å². The van der Waals surface area contributed by atoms with E-state index in [2.05, 4.69) is 22.9 Å². The lowest BCUT2D eigenvalue weighted by molar-refractivity contribution is 0.202. The summed E-state index contributed by atoms with van der Waals surface area (Å²) in [6, 6.07) is 8.01. The first-order valence-electron chi connectivity index (χ1n) is 9.66. The minimum absolute atomic E-state index is 0.0426. The fourth-order valence-electron chi connectivity index (χ4n) is 4.22. The number of aromatic nitrogens is 1. The van der Waals surface area contributed by atoms with Crippen molar-refractivity contribution in [2.24, 2.45) is 10.6 Å². The van der Waals surface area contributed by atoms with E-state index < -0.39 is 10.2 Å². The molecule has 1 saturated heterocycles. The maximum absolute atomic E-state index is 11.9. The topological polar surface area (TPSA) is 113 Å². The number of hydrogen-bond acceptors (Lipinski definition) is 6. The number of nitriles is 1. The number of pyridine rings is 1. The fourth-order valence-corrected chi connectivity index (χ4v) is 5.19. The monoisotopic (exact) mass is 415 g/mol. The average Bonchev–Trinajstić information content (AvgIpc) is 3.48. The van der Waals surface area contributed by atoms with Gasteiger partial charge in [-0.3, -0.25) is 4.98 Å². The van der Waals surface area contributed by atoms with Crippen molar-refractivity contribution in [2.75, 3.05) is 31.6 Å². The van der Waals surface area contributed by atoms with Gasteiger partial charge in [0.1, 0.15) is 17.3 Å². The highest BCUT2D eigenvalue weighted by molar-refractivity contribution is 7.86. The molecule has 154 valence electrons. The number of benzene rings is 1. The van der Waals surface area contributed by atoms with Gasteiger partial charge < -0.3 is 9.64 Å². The summed E-state index contributed by atoms with van der Waals surface area (Å²) in [7, 11) is -2.06. The van der Waals surface area contributed by atoms with Crippen molar-refractivity contribution in [3.63, 3.8) is 0 Å². The van der Waals surface area contributed by atoms with Crippen LogP contribution in [0.15, 0.2) is 24.4 Å². The van der Waals surface area contributed by atoms with Gasteiger partial charge in [-0.15, -0.1) is 0 Å². The summed E-state index contributed by atoms with van der Waals surface area (Å²) < 4.78 is 30.6. The number of methoxy groups -OCH3 is 1. The smallest absolute Gasteiger partial charge is 0.277 e. The summed E-state index contributed by atoms with van der Waals surface area (Å²) in [4.78, 5) is 6.58. The molecule has 1 saturated carbocycles. The van der Waals surface area contributed by atoms with Crippen molar-refractivity contribution in [2.45, 2.75) is 32.2 Å². The van der Waals surface area contributed by atoms with Crippen LogP contribution >= 0.6 is 0 Å². The van der Waals surface area contributed by atoms with Gasteiger partial charge in [-0.2, -0.15) is 18.0 Å². The van der Waals surface area contributed by atoms with Crippen LogP contribution in [0.25, 0.3) is 10.9 Å². The molecule has 2 N–H and O–H groups in total. The highest BCUT2D eigenvalue weighted by Gasteiger charge is 2.43. The Morgan fingerprint density at radius 3 is 2.72 bits per heavy atom. The molecule has 9 heteroatoms. The molecular formula is C20H25N5O3S. The van der Waals surface area contributed by atoms with Crippen LogP contribution in [-0.2, 0) is 10.2 Å². The quantitative estimate of drug-likeness (QED) is 0.740. The third kappa shape index (κ3) is 3.75. The van der Waals surface area contributed by atoms with Gasteiger partial charge in [0.05, 0.1) is 18.4 Å². The molecule has 4 rings (SSSR count). The number of rotatable bonds is 7. The van der Waals surface area contributed by atoms with Crippen LogP contribution in [0.5, 0.6) is 5.75 Å². The maximum Gasteiger partial charge on any atom is 0.277 e. The number of hydrogen-bond donors (Lipinski definition) is 1. The molecule has 0 unspecified atom stereocenters. The Bertz CT molecular complexity index is 1090. The van der Waals surface area contributed by atoms with E-state index >= 15 is 0 Å². The van der Waals surface area contributed by atoms with Crippen LogP contribution in [0.1, 0.15) is 31.7 Å². The van der Waals surface area contributed by atoms with Gasteiger partial charge in [0.25, 0.3) is 10.2 Å². The lowest BCUT2D eigenvalue weighted by Gasteiger charge is -2.50. The zero-order valence-electron chi connectivity index (χ0n) is 16.6. The van der Waals surface area contributed by atoms with Gasteiger partial charge in [0, 0.05) is 42.7 Å². The number of para-hydroxylation sites is 1. The molecule has 1 aliphatic heterocycles. The number of nitrogens with zero attached hydrogens (tertiary/aromatic N) is 4. The van der Waals surface area contributed by atoms with E-state index in [1.54, 1.807) is 13.3 Å². The first-order chi connectivity index (χ1) is 13.8. The standard InChI is InChI=1S/C20H25N5O3S/c1-20(8-9-25(15-6-7-15)29(22,26)27)12-24(13-20)19-14(10-21)11-23-18-16(19)4-3-5-17(18)28-2/h3-5,11,15H,6-9,12-13H2,1-2H3,(H2,22,26,27). The molecule has 1 aromatic heterocycles. The predicted molar refractivity (Wildman–Crippen MR) is 111 cm³/mol. The lowest BCUT2D eigenvalue weighted by atomic mass is 9.78. The van der Waals surface area contributed by atoms with Crippen LogP contribution in [0.2, 0.25) is 0 Å². The van der Waals surface area contributed by atoms with Crippen molar-refractivity contribution < 1.29 is 13.2 Å². The molecule has 0 atom stereocenters. The minimum Gasteiger partial charge on any atom is -0.494 e. The molecule has 0 spiro atoms. The minimum atomic E-state index is -3.67. The molecule has 2 aromatic rings. The lowest BCUT2D eigenvalue weighted by Crippen LogP contribution is -2.56. The number of nitrogens with two attached hydrogens (primary N) is 1. The van der Waals surface area contributed by atoms with Crippen molar-refractivity contribution in [3.8, 4) is 11.8 Å². The zero-order chi connectivity index (χ0) is 20.8. The Hall–Kier alpha value is -2.41. The van der Waals surface area contributed by atoms with Crippen LogP contribution in [-0.4, -0.2) is 50.5 Å². The second-order valence-electron chi connectivity index (χ2n) is 8.29. The number of fused-ring (bicyclic) bond motifs is 1. The SMILES string of the molecule is COc1cccc2c(N3CC(C)(CCN(C4CC4)S(N)(=O)=O)C3)c(C#N)cnc12. The largest absolute Gasteiger partial charge is 0.494 e. The van der Waals surface area contributed by atoms with Crippen molar-refractivity contribution in [1.29, 1.82) is 5.26 Å². The Morgan fingerprint density at radius 2 is 2.14 bits per heavy atom. The normalized spacial score (nSPS) is 18.5. The fraction of sp³-hybridized carbons (Fsp3) is 0.500. The molecule has 0 amide bonds. The number of anilines is 1. The Kier molecular flexibility index (Phi) is 4.89. The van der Waals surface area contributed by atoms with Crippen molar-refractivity contribution in [3.05, 3.63) is 30.0 Å². The number of ether oxygens (including phenoxy) is 1. The molecule has 1 aliphatic carbocycles. The van der Waals surface area contributed by atoms with E-state index in [0.717, 1.165) is 48.9 Å². The van der Waals surface area contributed by atoms with Gasteiger partial charge in [-0.1, -0.05) is 19.1 Å². The van der Waals surface area contributed by atoms with Crippen molar-refractivity contribution in [1.82, 2.24) is 9.29 Å². The molecular weight excluding hydrogens is 390 g/mol. The molecule has 2 aliphatic rings. The third-order valence-corrected chi connectivity index (χ3v) is 6.98. The molecule has 8 nitrogen and oxygen atoms in total. The second kappa shape index (κ2) is 7.13. The maximum atomic E-state index is 11.9. The van der Waals surface area contributed by atoms with E-state index in [-0.39, 0.29) is 11.5 Å². The van der Waals surface area contributed by atoms with E-state index in [1.807, 2.05) is 18.2 Å². The van der Waals surface area contributed by atoms with E-state index in [9.17, 15) is 13.7 Å². The first kappa shape index (κ1) is 19.9. The average molecular weight is 416 g/mol. The highest BCUT2D eigenvalue weighted by atomic mass is 32.2. The Labute approximate surface area is 171 Å². The second-order valence-corrected chi connectivity index (χ2v) is 9.79. The van der Waals surface area contributed by atoms with Gasteiger partial charge in [-0.05, 0) is 25.3 Å². The molecule has 0 radical (unpaired) electrons. The molecule has 29 heavy (non-hydrogen) atoms. The van der Waals surface area contributed by atoms with E-state index in [1.165, 1.54) is 4.31 Å². The summed E-state index contributed by atoms with van der Waals surface area (Å²) in [6.07, 6.45) is 4.08. The van der Waals surface area contributed by atoms with Crippen LogP contribution in [0, 0.1) is 16.7 Å². The molecule has 2 fully saturated rings. The third-order valence-electron chi connectivity index (χ3n) is 5.85. The van der Waals surface area contributed by atoms with E-state index in [4.69, 9.17) is 9.88 Å². The Morgan fingerprint density at radius 1 is 1.41 bits per heavy atom. The zero-order valence-corrected chi connectivity index (χ0v) is 17.4. The van der Waals surface area contributed by atoms with Crippen molar-refractivity contribution >= 4 is 26.8 Å². The summed E-state index contributed by atoms with van der Waals surface area (Å²) in [6.45, 7) is 4.06. The summed E-state index contributed by atoms with van der Waals surface area (Å²) in [5.74, 6) is 0.671. The molecule has 2 heterocycles. The van der Waals surface area contributed by atoms with Gasteiger partial charge in [-0.25, -0.2) is 5.14 Å². The van der Waals surface area contributed by atoms with Crippen LogP contribution in [0.3, 0.4) is 0 Å². The van der Waals surface area contributed by atoms with Crippen LogP contribution in [0.4, 0.5) is 5.69 Å². The van der Waals surface area contributed by atoms with E-state index in [0.29, 0.717) is 17.9 Å². The molecule has 0 bridgehead atoms. The highest BCUT2D eigenvalue weighted by Crippen LogP contribution is 2.43. The summed E-state index contributed by atoms with van der Waals surface area (Å²) >= 11 is 0. The summed E-state index contributed by atoms with van der Waals surface area (Å²) in [5, 5.41) is 15.9.